The molecule has 4 rings (SSSR count). The second-order valence-corrected chi connectivity index (χ2v) is 7.52. The molecule has 2 fully saturated rings. The molecule has 0 bridgehead atoms. The molecule has 2 aliphatic rings. The van der Waals surface area contributed by atoms with Crippen LogP contribution in [-0.4, -0.2) is 67.2 Å². The second-order valence-electron chi connectivity index (χ2n) is 7.52. The summed E-state index contributed by atoms with van der Waals surface area (Å²) < 4.78 is 11.5. The highest BCUT2D eigenvalue weighted by molar-refractivity contribution is 5.97. The van der Waals surface area contributed by atoms with Crippen molar-refractivity contribution in [1.82, 2.24) is 9.80 Å². The average molecular weight is 409 g/mol. The number of carbonyl (C=O) groups is 2. The first-order chi connectivity index (χ1) is 14.7. The summed E-state index contributed by atoms with van der Waals surface area (Å²) in [6, 6.07) is 16.6. The molecule has 2 heterocycles. The number of carbonyl (C=O) groups excluding carboxylic acids is 2. The van der Waals surface area contributed by atoms with E-state index < -0.39 is 0 Å². The van der Waals surface area contributed by atoms with E-state index in [9.17, 15) is 9.59 Å². The minimum absolute atomic E-state index is 0.0685. The molecule has 0 aliphatic carbocycles. The molecular weight excluding hydrogens is 382 g/mol. The Morgan fingerprint density at radius 2 is 1.67 bits per heavy atom. The summed E-state index contributed by atoms with van der Waals surface area (Å²) in [6.07, 6.45) is 2.14. The van der Waals surface area contributed by atoms with Gasteiger partial charge < -0.3 is 24.6 Å². The molecule has 1 unspecified atom stereocenters. The van der Waals surface area contributed by atoms with E-state index in [0.29, 0.717) is 44.1 Å². The van der Waals surface area contributed by atoms with Crippen LogP contribution < -0.4 is 10.1 Å². The van der Waals surface area contributed by atoms with E-state index in [1.165, 1.54) is 0 Å². The zero-order valence-electron chi connectivity index (χ0n) is 17.0. The van der Waals surface area contributed by atoms with Gasteiger partial charge in [-0.05, 0) is 37.1 Å². The normalized spacial score (nSPS) is 18.9. The SMILES string of the molecule is O=C(Nc1ccccc1)N1CCN(C(=O)c2ccccc2OCC2CCCO2)CC1. The lowest BCUT2D eigenvalue weighted by atomic mass is 10.1. The molecule has 3 amide bonds. The van der Waals surface area contributed by atoms with E-state index in [4.69, 9.17) is 9.47 Å². The zero-order chi connectivity index (χ0) is 20.8. The Morgan fingerprint density at radius 3 is 2.40 bits per heavy atom. The third-order valence-electron chi connectivity index (χ3n) is 5.45. The molecule has 0 saturated carbocycles. The van der Waals surface area contributed by atoms with Crippen LogP contribution in [0.4, 0.5) is 10.5 Å². The van der Waals surface area contributed by atoms with Gasteiger partial charge in [-0.2, -0.15) is 0 Å². The summed E-state index contributed by atoms with van der Waals surface area (Å²) in [5, 5.41) is 2.89. The topological polar surface area (TPSA) is 71.1 Å². The number of urea groups is 1. The molecule has 2 aliphatic heterocycles. The average Bonchev–Trinajstić information content (AvgIpc) is 3.32. The summed E-state index contributed by atoms with van der Waals surface area (Å²) in [7, 11) is 0. The minimum atomic E-state index is -0.145. The van der Waals surface area contributed by atoms with Crippen molar-refractivity contribution in [3.63, 3.8) is 0 Å². The number of rotatable bonds is 5. The number of nitrogens with one attached hydrogen (secondary N) is 1. The third kappa shape index (κ3) is 4.91. The van der Waals surface area contributed by atoms with Crippen molar-refractivity contribution in [2.75, 3.05) is 44.7 Å². The Morgan fingerprint density at radius 1 is 0.967 bits per heavy atom. The van der Waals surface area contributed by atoms with Crippen LogP contribution in [0.1, 0.15) is 23.2 Å². The van der Waals surface area contributed by atoms with Gasteiger partial charge in [0.1, 0.15) is 12.4 Å². The summed E-state index contributed by atoms with van der Waals surface area (Å²) in [6.45, 7) is 3.18. The number of benzene rings is 2. The van der Waals surface area contributed by atoms with Gasteiger partial charge in [0.05, 0.1) is 11.7 Å². The highest BCUT2D eigenvalue weighted by Crippen LogP contribution is 2.22. The van der Waals surface area contributed by atoms with Crippen molar-refractivity contribution < 1.29 is 19.1 Å². The number of hydrogen-bond donors (Lipinski definition) is 1. The Labute approximate surface area is 176 Å². The largest absolute Gasteiger partial charge is 0.490 e. The van der Waals surface area contributed by atoms with Crippen LogP contribution in [0.15, 0.2) is 54.6 Å². The van der Waals surface area contributed by atoms with E-state index in [1.54, 1.807) is 15.9 Å². The van der Waals surface area contributed by atoms with Crippen molar-refractivity contribution in [1.29, 1.82) is 0 Å². The van der Waals surface area contributed by atoms with Crippen LogP contribution in [0.2, 0.25) is 0 Å². The van der Waals surface area contributed by atoms with Crippen molar-refractivity contribution in [2.24, 2.45) is 0 Å². The first-order valence-electron chi connectivity index (χ1n) is 10.4. The molecule has 2 aromatic rings. The molecular formula is C23H27N3O4. The number of anilines is 1. The van der Waals surface area contributed by atoms with Crippen LogP contribution in [-0.2, 0) is 4.74 Å². The monoisotopic (exact) mass is 409 g/mol. The highest BCUT2D eigenvalue weighted by Gasteiger charge is 2.27. The zero-order valence-corrected chi connectivity index (χ0v) is 17.0. The van der Waals surface area contributed by atoms with Crippen molar-refractivity contribution >= 4 is 17.6 Å². The molecule has 7 nitrogen and oxygen atoms in total. The fraction of sp³-hybridized carbons (Fsp3) is 0.391. The Bertz CT molecular complexity index is 860. The van der Waals surface area contributed by atoms with E-state index in [0.717, 1.165) is 25.1 Å². The summed E-state index contributed by atoms with van der Waals surface area (Å²) in [5.41, 5.74) is 1.32. The highest BCUT2D eigenvalue weighted by atomic mass is 16.5. The number of hydrogen-bond acceptors (Lipinski definition) is 4. The Kier molecular flexibility index (Phi) is 6.49. The molecule has 2 saturated heterocycles. The smallest absolute Gasteiger partial charge is 0.321 e. The first kappa shape index (κ1) is 20.2. The van der Waals surface area contributed by atoms with Gasteiger partial charge >= 0.3 is 6.03 Å². The molecule has 0 spiro atoms. The molecule has 30 heavy (non-hydrogen) atoms. The standard InChI is InChI=1S/C23H27N3O4/c27-22(20-10-4-5-11-21(20)30-17-19-9-6-16-29-19)25-12-14-26(15-13-25)23(28)24-18-7-2-1-3-8-18/h1-5,7-8,10-11,19H,6,9,12-17H2,(H,24,28). The van der Waals surface area contributed by atoms with E-state index in [-0.39, 0.29) is 18.0 Å². The Balaban J connectivity index is 1.32. The lowest BCUT2D eigenvalue weighted by Crippen LogP contribution is -2.51. The van der Waals surface area contributed by atoms with Crippen LogP contribution in [0.25, 0.3) is 0 Å². The molecule has 0 radical (unpaired) electrons. The second kappa shape index (κ2) is 9.63. The molecule has 1 N–H and O–H groups in total. The van der Waals surface area contributed by atoms with E-state index in [1.807, 2.05) is 48.5 Å². The lowest BCUT2D eigenvalue weighted by molar-refractivity contribution is 0.0620. The molecule has 158 valence electrons. The maximum Gasteiger partial charge on any atom is 0.321 e. The number of ether oxygens (including phenoxy) is 2. The van der Waals surface area contributed by atoms with Gasteiger partial charge in [-0.25, -0.2) is 4.79 Å². The first-order valence-corrected chi connectivity index (χ1v) is 10.4. The van der Waals surface area contributed by atoms with Gasteiger partial charge in [-0.1, -0.05) is 30.3 Å². The number of nitrogens with zero attached hydrogens (tertiary/aromatic N) is 2. The van der Waals surface area contributed by atoms with Gasteiger partial charge in [0.2, 0.25) is 0 Å². The predicted octanol–water partition coefficient (Wildman–Crippen LogP) is 3.23. The van der Waals surface area contributed by atoms with E-state index in [2.05, 4.69) is 5.32 Å². The maximum atomic E-state index is 13.1. The fourth-order valence-electron chi connectivity index (χ4n) is 3.73. The van der Waals surface area contributed by atoms with Crippen LogP contribution >= 0.6 is 0 Å². The van der Waals surface area contributed by atoms with Gasteiger partial charge in [0, 0.05) is 38.5 Å². The van der Waals surface area contributed by atoms with Crippen molar-refractivity contribution in [2.45, 2.75) is 18.9 Å². The van der Waals surface area contributed by atoms with Gasteiger partial charge in [0.15, 0.2) is 0 Å². The fourth-order valence-corrected chi connectivity index (χ4v) is 3.73. The maximum absolute atomic E-state index is 13.1. The number of para-hydroxylation sites is 2. The van der Waals surface area contributed by atoms with Gasteiger partial charge in [-0.3, -0.25) is 4.79 Å². The third-order valence-corrected chi connectivity index (χ3v) is 5.45. The van der Waals surface area contributed by atoms with Crippen LogP contribution in [0.3, 0.4) is 0 Å². The summed E-state index contributed by atoms with van der Waals surface area (Å²) >= 11 is 0. The minimum Gasteiger partial charge on any atom is -0.490 e. The van der Waals surface area contributed by atoms with Crippen molar-refractivity contribution in [3.8, 4) is 5.75 Å². The predicted molar refractivity (Wildman–Crippen MR) is 114 cm³/mol. The lowest BCUT2D eigenvalue weighted by Gasteiger charge is -2.35. The van der Waals surface area contributed by atoms with Crippen LogP contribution in [0, 0.1) is 0 Å². The van der Waals surface area contributed by atoms with E-state index >= 15 is 0 Å². The quantitative estimate of drug-likeness (QED) is 0.823. The van der Waals surface area contributed by atoms with Crippen molar-refractivity contribution in [3.05, 3.63) is 60.2 Å². The van der Waals surface area contributed by atoms with Crippen LogP contribution in [0.5, 0.6) is 5.75 Å². The van der Waals surface area contributed by atoms with Gasteiger partial charge in [0.25, 0.3) is 5.91 Å². The number of piperazine rings is 1. The molecule has 2 aromatic carbocycles. The molecule has 1 atom stereocenters. The van der Waals surface area contributed by atoms with Gasteiger partial charge in [-0.15, -0.1) is 0 Å². The molecule has 0 aromatic heterocycles. The summed E-state index contributed by atoms with van der Waals surface area (Å²) in [4.78, 5) is 29.0. The molecule has 7 heteroatoms. The number of amides is 3. The summed E-state index contributed by atoms with van der Waals surface area (Å²) in [5.74, 6) is 0.517. The Hall–Kier alpha value is -3.06.